The Morgan fingerprint density at radius 3 is 2.69 bits per heavy atom. The third kappa shape index (κ3) is 4.18. The van der Waals surface area contributed by atoms with Crippen LogP contribution in [-0.2, 0) is 4.74 Å². The Balaban J connectivity index is 1.82. The van der Waals surface area contributed by atoms with Gasteiger partial charge in [-0.25, -0.2) is 4.98 Å². The summed E-state index contributed by atoms with van der Waals surface area (Å²) in [6.07, 6.45) is 0. The molecule has 3 rings (SSSR count). The molecule has 1 aromatic carbocycles. The monoisotopic (exact) mass is 374 g/mol. The van der Waals surface area contributed by atoms with Gasteiger partial charge in [-0.1, -0.05) is 43.6 Å². The smallest absolute Gasteiger partial charge is 0.232 e. The molecule has 26 heavy (non-hydrogen) atoms. The normalized spacial score (nSPS) is 16.4. The van der Waals surface area contributed by atoms with Crippen molar-refractivity contribution in [3.63, 3.8) is 0 Å². The summed E-state index contributed by atoms with van der Waals surface area (Å²) in [5, 5.41) is 13.3. The standard InChI is InChI=1S/C19H23ClN4O2/c1-13(2)18-23-16(11-21)19(26-18)22-12-17(24-7-9-25-10-8-24)14-5-3-4-6-15(14)20/h3-6,13,17,22H,7-10,12H2,1-2H3/t17-/m0/s1. The van der Waals surface area contributed by atoms with Crippen molar-refractivity contribution >= 4 is 17.5 Å². The highest BCUT2D eigenvalue weighted by Crippen LogP contribution is 2.30. The summed E-state index contributed by atoms with van der Waals surface area (Å²) in [5.41, 5.74) is 1.33. The number of nitrogens with one attached hydrogen (secondary N) is 1. The van der Waals surface area contributed by atoms with Gasteiger partial charge >= 0.3 is 0 Å². The van der Waals surface area contributed by atoms with Crippen molar-refractivity contribution in [3.05, 3.63) is 46.4 Å². The highest BCUT2D eigenvalue weighted by molar-refractivity contribution is 6.31. The van der Waals surface area contributed by atoms with E-state index in [2.05, 4.69) is 21.3 Å². The number of hydrogen-bond donors (Lipinski definition) is 1. The van der Waals surface area contributed by atoms with Crippen molar-refractivity contribution in [2.45, 2.75) is 25.8 Å². The minimum absolute atomic E-state index is 0.0479. The van der Waals surface area contributed by atoms with Gasteiger partial charge in [0.25, 0.3) is 0 Å². The highest BCUT2D eigenvalue weighted by Gasteiger charge is 2.25. The first-order valence-electron chi connectivity index (χ1n) is 8.81. The van der Waals surface area contributed by atoms with Gasteiger partial charge < -0.3 is 14.5 Å². The van der Waals surface area contributed by atoms with E-state index in [4.69, 9.17) is 20.8 Å². The lowest BCUT2D eigenvalue weighted by Gasteiger charge is -2.35. The number of aromatic nitrogens is 1. The van der Waals surface area contributed by atoms with E-state index in [1.807, 2.05) is 38.1 Å². The van der Waals surface area contributed by atoms with Gasteiger partial charge in [0, 0.05) is 30.6 Å². The Labute approximate surface area is 158 Å². The lowest BCUT2D eigenvalue weighted by atomic mass is 10.0. The quantitative estimate of drug-likeness (QED) is 0.828. The number of benzene rings is 1. The average Bonchev–Trinajstić information content (AvgIpc) is 3.08. The highest BCUT2D eigenvalue weighted by atomic mass is 35.5. The number of ether oxygens (including phenoxy) is 1. The van der Waals surface area contributed by atoms with Crippen LogP contribution >= 0.6 is 11.6 Å². The van der Waals surface area contributed by atoms with Crippen molar-refractivity contribution in [1.29, 1.82) is 5.26 Å². The lowest BCUT2D eigenvalue weighted by molar-refractivity contribution is 0.0186. The van der Waals surface area contributed by atoms with Crippen LogP contribution in [0.25, 0.3) is 0 Å². The van der Waals surface area contributed by atoms with E-state index < -0.39 is 0 Å². The van der Waals surface area contributed by atoms with Gasteiger partial charge in [0.05, 0.1) is 19.3 Å². The number of halogens is 1. The zero-order chi connectivity index (χ0) is 18.5. The van der Waals surface area contributed by atoms with E-state index in [0.29, 0.717) is 31.5 Å². The second kappa shape index (κ2) is 8.54. The van der Waals surface area contributed by atoms with Crippen LogP contribution in [0.5, 0.6) is 0 Å². The summed E-state index contributed by atoms with van der Waals surface area (Å²) in [5.74, 6) is 1.10. The molecule has 2 heterocycles. The number of nitrogens with zero attached hydrogens (tertiary/aromatic N) is 3. The minimum atomic E-state index is 0.0479. The van der Waals surface area contributed by atoms with E-state index in [1.165, 1.54) is 0 Å². The second-order valence-corrected chi connectivity index (χ2v) is 6.97. The number of oxazole rings is 1. The van der Waals surface area contributed by atoms with Crippen LogP contribution in [0.2, 0.25) is 5.02 Å². The maximum atomic E-state index is 9.33. The number of nitriles is 1. The van der Waals surface area contributed by atoms with Gasteiger partial charge in [-0.2, -0.15) is 5.26 Å². The number of morpholine rings is 1. The molecule has 1 aliphatic heterocycles. The Hall–Kier alpha value is -2.07. The van der Waals surface area contributed by atoms with Crippen LogP contribution in [0.3, 0.4) is 0 Å². The Bertz CT molecular complexity index is 778. The van der Waals surface area contributed by atoms with E-state index in [9.17, 15) is 5.26 Å². The molecule has 0 radical (unpaired) electrons. The molecule has 1 N–H and O–H groups in total. The average molecular weight is 375 g/mol. The Morgan fingerprint density at radius 1 is 1.31 bits per heavy atom. The summed E-state index contributed by atoms with van der Waals surface area (Å²) in [6, 6.07) is 9.99. The summed E-state index contributed by atoms with van der Waals surface area (Å²) in [6.45, 7) is 7.58. The van der Waals surface area contributed by atoms with Crippen molar-refractivity contribution in [3.8, 4) is 6.07 Å². The van der Waals surface area contributed by atoms with Crippen LogP contribution in [0.1, 0.15) is 43.0 Å². The van der Waals surface area contributed by atoms with Crippen molar-refractivity contribution < 1.29 is 9.15 Å². The Kier molecular flexibility index (Phi) is 6.15. The van der Waals surface area contributed by atoms with E-state index >= 15 is 0 Å². The topological polar surface area (TPSA) is 74.3 Å². The molecule has 0 saturated carbocycles. The van der Waals surface area contributed by atoms with Crippen LogP contribution in [0, 0.1) is 11.3 Å². The first-order chi connectivity index (χ1) is 12.6. The molecule has 1 aliphatic rings. The fourth-order valence-corrected chi connectivity index (χ4v) is 3.30. The summed E-state index contributed by atoms with van der Waals surface area (Å²) < 4.78 is 11.2. The fraction of sp³-hybridized carbons (Fsp3) is 0.474. The molecule has 1 atom stereocenters. The van der Waals surface area contributed by atoms with Gasteiger partial charge in [-0.15, -0.1) is 0 Å². The third-order valence-electron chi connectivity index (χ3n) is 4.45. The molecule has 138 valence electrons. The number of rotatable bonds is 6. The first-order valence-corrected chi connectivity index (χ1v) is 9.19. The molecule has 1 aromatic heterocycles. The van der Waals surface area contributed by atoms with Gasteiger partial charge in [0.15, 0.2) is 0 Å². The van der Waals surface area contributed by atoms with Gasteiger partial charge in [-0.3, -0.25) is 4.90 Å². The van der Waals surface area contributed by atoms with Crippen LogP contribution in [0.4, 0.5) is 5.88 Å². The van der Waals surface area contributed by atoms with Gasteiger partial charge in [0.1, 0.15) is 6.07 Å². The minimum Gasteiger partial charge on any atom is -0.424 e. The first kappa shape index (κ1) is 18.7. The number of hydrogen-bond acceptors (Lipinski definition) is 6. The zero-order valence-electron chi connectivity index (χ0n) is 15.0. The molecular weight excluding hydrogens is 352 g/mol. The van der Waals surface area contributed by atoms with E-state index in [0.717, 1.165) is 23.7 Å². The molecule has 7 heteroatoms. The fourth-order valence-electron chi connectivity index (χ4n) is 3.04. The SMILES string of the molecule is CC(C)c1nc(C#N)c(NC[C@@H](c2ccccc2Cl)N2CCOCC2)o1. The maximum absolute atomic E-state index is 9.33. The molecule has 0 spiro atoms. The number of anilines is 1. The van der Waals surface area contributed by atoms with Crippen LogP contribution in [-0.4, -0.2) is 42.7 Å². The van der Waals surface area contributed by atoms with E-state index in [-0.39, 0.29) is 17.7 Å². The molecule has 0 unspecified atom stereocenters. The zero-order valence-corrected chi connectivity index (χ0v) is 15.8. The molecular formula is C19H23ClN4O2. The summed E-state index contributed by atoms with van der Waals surface area (Å²) in [4.78, 5) is 6.60. The van der Waals surface area contributed by atoms with Crippen LogP contribution < -0.4 is 5.32 Å². The van der Waals surface area contributed by atoms with Crippen molar-refractivity contribution in [2.75, 3.05) is 38.2 Å². The molecule has 0 aliphatic carbocycles. The summed E-state index contributed by atoms with van der Waals surface area (Å²) >= 11 is 6.45. The Morgan fingerprint density at radius 2 is 2.04 bits per heavy atom. The molecule has 2 aromatic rings. The summed E-state index contributed by atoms with van der Waals surface area (Å²) in [7, 11) is 0. The van der Waals surface area contributed by atoms with Crippen molar-refractivity contribution in [1.82, 2.24) is 9.88 Å². The molecule has 1 saturated heterocycles. The van der Waals surface area contributed by atoms with Gasteiger partial charge in [-0.05, 0) is 11.6 Å². The predicted octanol–water partition coefficient (Wildman–Crippen LogP) is 3.81. The molecule has 0 bridgehead atoms. The second-order valence-electron chi connectivity index (χ2n) is 6.56. The third-order valence-corrected chi connectivity index (χ3v) is 4.79. The molecule has 0 amide bonds. The lowest BCUT2D eigenvalue weighted by Crippen LogP contribution is -2.41. The largest absolute Gasteiger partial charge is 0.424 e. The maximum Gasteiger partial charge on any atom is 0.232 e. The van der Waals surface area contributed by atoms with Crippen molar-refractivity contribution in [2.24, 2.45) is 0 Å². The molecule has 6 nitrogen and oxygen atoms in total. The molecule has 1 fully saturated rings. The predicted molar refractivity (Wildman–Crippen MR) is 100 cm³/mol. The van der Waals surface area contributed by atoms with Crippen LogP contribution in [0.15, 0.2) is 28.7 Å². The van der Waals surface area contributed by atoms with Gasteiger partial charge in [0.2, 0.25) is 17.5 Å². The van der Waals surface area contributed by atoms with E-state index in [1.54, 1.807) is 0 Å².